The Hall–Kier alpha value is -2.02. The van der Waals surface area contributed by atoms with Crippen LogP contribution in [0.1, 0.15) is 32.3 Å². The molecule has 1 aromatic carbocycles. The number of amides is 1. The highest BCUT2D eigenvalue weighted by molar-refractivity contribution is 7.99. The number of carbonyl (C=O) groups is 1. The van der Waals surface area contributed by atoms with Gasteiger partial charge in [-0.3, -0.25) is 9.36 Å². The molecule has 1 amide bonds. The number of benzene rings is 1. The van der Waals surface area contributed by atoms with Crippen LogP contribution in [0.25, 0.3) is 5.69 Å². The summed E-state index contributed by atoms with van der Waals surface area (Å²) in [7, 11) is 0. The zero-order chi connectivity index (χ0) is 18.5. The van der Waals surface area contributed by atoms with Gasteiger partial charge in [0.2, 0.25) is 11.9 Å². The van der Waals surface area contributed by atoms with Crippen molar-refractivity contribution in [2.75, 3.05) is 36.8 Å². The highest BCUT2D eigenvalue weighted by Crippen LogP contribution is 2.28. The molecule has 1 aromatic heterocycles. The van der Waals surface area contributed by atoms with Crippen molar-refractivity contribution in [3.05, 3.63) is 29.8 Å². The van der Waals surface area contributed by atoms with Crippen molar-refractivity contribution >= 4 is 23.6 Å². The van der Waals surface area contributed by atoms with Gasteiger partial charge in [0, 0.05) is 26.2 Å². The molecule has 1 fully saturated rings. The molecule has 1 saturated heterocycles. The van der Waals surface area contributed by atoms with Crippen molar-refractivity contribution in [1.29, 1.82) is 0 Å². The average Bonchev–Trinajstić information content (AvgIpc) is 3.31. The molecule has 7 heteroatoms. The van der Waals surface area contributed by atoms with Crippen LogP contribution in [0, 0.1) is 6.92 Å². The zero-order valence-corrected chi connectivity index (χ0v) is 16.6. The van der Waals surface area contributed by atoms with Crippen molar-refractivity contribution < 1.29 is 4.79 Å². The minimum atomic E-state index is 0.140. The fourth-order valence-corrected chi connectivity index (χ4v) is 4.04. The van der Waals surface area contributed by atoms with Gasteiger partial charge in [-0.2, -0.15) is 0 Å². The van der Waals surface area contributed by atoms with Crippen LogP contribution in [0.4, 0.5) is 5.95 Å². The number of thioether (sulfide) groups is 1. The minimum absolute atomic E-state index is 0.140. The largest absolute Gasteiger partial charge is 0.343 e. The van der Waals surface area contributed by atoms with Gasteiger partial charge < -0.3 is 9.80 Å². The molecule has 0 spiro atoms. The molecular weight excluding hydrogens is 346 g/mol. The van der Waals surface area contributed by atoms with Gasteiger partial charge in [0.1, 0.15) is 0 Å². The second kappa shape index (κ2) is 8.58. The molecule has 6 nitrogen and oxygen atoms in total. The molecule has 0 atom stereocenters. The van der Waals surface area contributed by atoms with Crippen LogP contribution in [-0.2, 0) is 4.79 Å². The van der Waals surface area contributed by atoms with Gasteiger partial charge in [-0.05, 0) is 45.7 Å². The van der Waals surface area contributed by atoms with Crippen LogP contribution in [0.2, 0.25) is 0 Å². The third-order valence-electron chi connectivity index (χ3n) is 4.74. The van der Waals surface area contributed by atoms with E-state index in [-0.39, 0.29) is 5.91 Å². The molecule has 1 aliphatic rings. The van der Waals surface area contributed by atoms with E-state index in [0.29, 0.717) is 5.75 Å². The van der Waals surface area contributed by atoms with Crippen LogP contribution in [0.5, 0.6) is 0 Å². The molecule has 0 bridgehead atoms. The fraction of sp³-hybridized carbons (Fsp3) is 0.526. The Kier molecular flexibility index (Phi) is 6.19. The maximum absolute atomic E-state index is 12.4. The third-order valence-corrected chi connectivity index (χ3v) is 5.65. The highest BCUT2D eigenvalue weighted by atomic mass is 32.2. The summed E-state index contributed by atoms with van der Waals surface area (Å²) in [5.41, 5.74) is 2.26. The number of rotatable bonds is 7. The summed E-state index contributed by atoms with van der Waals surface area (Å²) in [5.74, 6) is 1.40. The van der Waals surface area contributed by atoms with Crippen molar-refractivity contribution in [2.45, 2.75) is 38.8 Å². The first kappa shape index (κ1) is 18.8. The second-order valence-electron chi connectivity index (χ2n) is 6.50. The second-order valence-corrected chi connectivity index (χ2v) is 7.44. The predicted octanol–water partition coefficient (Wildman–Crippen LogP) is 3.14. The third kappa shape index (κ3) is 4.03. The van der Waals surface area contributed by atoms with Crippen LogP contribution in [0.15, 0.2) is 29.4 Å². The van der Waals surface area contributed by atoms with Gasteiger partial charge in [-0.25, -0.2) is 0 Å². The number of carbonyl (C=O) groups excluding carboxylic acids is 1. The van der Waals surface area contributed by atoms with Crippen LogP contribution in [-0.4, -0.2) is 57.5 Å². The molecule has 0 unspecified atom stereocenters. The van der Waals surface area contributed by atoms with E-state index < -0.39 is 0 Å². The summed E-state index contributed by atoms with van der Waals surface area (Å²) in [4.78, 5) is 16.5. The van der Waals surface area contributed by atoms with Gasteiger partial charge in [0.15, 0.2) is 5.16 Å². The van der Waals surface area contributed by atoms with Crippen molar-refractivity contribution in [1.82, 2.24) is 19.7 Å². The number of hydrogen-bond donors (Lipinski definition) is 0. The molecule has 0 radical (unpaired) electrons. The first-order valence-corrected chi connectivity index (χ1v) is 10.3. The van der Waals surface area contributed by atoms with Crippen LogP contribution < -0.4 is 4.90 Å². The Bertz CT molecular complexity index is 733. The van der Waals surface area contributed by atoms with Gasteiger partial charge >= 0.3 is 0 Å². The summed E-state index contributed by atoms with van der Waals surface area (Å²) < 4.78 is 2.09. The lowest BCUT2D eigenvalue weighted by molar-refractivity contribution is -0.127. The van der Waals surface area contributed by atoms with E-state index in [0.717, 1.165) is 43.0 Å². The first-order chi connectivity index (χ1) is 12.6. The molecule has 1 aliphatic heterocycles. The lowest BCUT2D eigenvalue weighted by atomic mass is 10.2. The average molecular weight is 374 g/mol. The maximum Gasteiger partial charge on any atom is 0.233 e. The van der Waals surface area contributed by atoms with Crippen molar-refractivity contribution in [3.63, 3.8) is 0 Å². The SMILES string of the molecule is CCN(CC)C(=O)CSc1nnc(N2CCCC2)n1-c1ccc(C)cc1. The molecule has 3 rings (SSSR count). The summed E-state index contributed by atoms with van der Waals surface area (Å²) in [6, 6.07) is 8.38. The Morgan fingerprint density at radius 3 is 2.38 bits per heavy atom. The van der Waals surface area contributed by atoms with E-state index in [1.54, 1.807) is 0 Å². The Labute approximate surface area is 159 Å². The molecule has 26 heavy (non-hydrogen) atoms. The van der Waals surface area contributed by atoms with Crippen LogP contribution >= 0.6 is 11.8 Å². The van der Waals surface area contributed by atoms with Gasteiger partial charge in [-0.1, -0.05) is 29.5 Å². The monoisotopic (exact) mass is 373 g/mol. The quantitative estimate of drug-likeness (QED) is 0.698. The number of aryl methyl sites for hydroxylation is 1. The van der Waals surface area contributed by atoms with Crippen molar-refractivity contribution in [2.24, 2.45) is 0 Å². The number of anilines is 1. The Morgan fingerprint density at radius 1 is 1.12 bits per heavy atom. The lowest BCUT2D eigenvalue weighted by Gasteiger charge is -2.19. The summed E-state index contributed by atoms with van der Waals surface area (Å²) in [6.07, 6.45) is 2.37. The van der Waals surface area contributed by atoms with E-state index in [1.807, 2.05) is 18.7 Å². The van der Waals surface area contributed by atoms with Crippen LogP contribution in [0.3, 0.4) is 0 Å². The molecule has 0 aliphatic carbocycles. The molecule has 2 aromatic rings. The molecule has 2 heterocycles. The molecule has 0 saturated carbocycles. The standard InChI is InChI=1S/C19H27N5OS/c1-4-22(5-2)17(25)14-26-19-21-20-18(23-12-6-7-13-23)24(19)16-10-8-15(3)9-11-16/h8-11H,4-7,12-14H2,1-3H3. The topological polar surface area (TPSA) is 54.3 Å². The predicted molar refractivity (Wildman–Crippen MR) is 106 cm³/mol. The maximum atomic E-state index is 12.4. The summed E-state index contributed by atoms with van der Waals surface area (Å²) in [6.45, 7) is 9.58. The highest BCUT2D eigenvalue weighted by Gasteiger charge is 2.23. The van der Waals surface area contributed by atoms with Gasteiger partial charge in [0.05, 0.1) is 11.4 Å². The molecular formula is C19H27N5OS. The Morgan fingerprint density at radius 2 is 1.77 bits per heavy atom. The fourth-order valence-electron chi connectivity index (χ4n) is 3.19. The Balaban J connectivity index is 1.87. The lowest BCUT2D eigenvalue weighted by Crippen LogP contribution is -2.32. The molecule has 0 N–H and O–H groups in total. The number of hydrogen-bond acceptors (Lipinski definition) is 5. The minimum Gasteiger partial charge on any atom is -0.343 e. The molecule has 140 valence electrons. The smallest absolute Gasteiger partial charge is 0.233 e. The zero-order valence-electron chi connectivity index (χ0n) is 15.8. The summed E-state index contributed by atoms with van der Waals surface area (Å²) >= 11 is 1.46. The normalized spacial score (nSPS) is 14.0. The van der Waals surface area contributed by atoms with E-state index in [1.165, 1.54) is 30.2 Å². The van der Waals surface area contributed by atoms with E-state index in [2.05, 4.69) is 50.9 Å². The number of nitrogens with zero attached hydrogens (tertiary/aromatic N) is 5. The van der Waals surface area contributed by atoms with E-state index in [9.17, 15) is 4.79 Å². The van der Waals surface area contributed by atoms with E-state index >= 15 is 0 Å². The summed E-state index contributed by atoms with van der Waals surface area (Å²) in [5, 5.41) is 9.63. The van der Waals surface area contributed by atoms with Gasteiger partial charge in [0.25, 0.3) is 0 Å². The first-order valence-electron chi connectivity index (χ1n) is 9.32. The number of aromatic nitrogens is 3. The van der Waals surface area contributed by atoms with Gasteiger partial charge in [-0.15, -0.1) is 10.2 Å². The van der Waals surface area contributed by atoms with E-state index in [4.69, 9.17) is 0 Å². The van der Waals surface area contributed by atoms with Crippen molar-refractivity contribution in [3.8, 4) is 5.69 Å².